The summed E-state index contributed by atoms with van der Waals surface area (Å²) in [5.41, 5.74) is 0.713. The number of alkyl carbamates (subject to hydrolysis) is 1. The summed E-state index contributed by atoms with van der Waals surface area (Å²) in [4.78, 5) is 11.4. The minimum absolute atomic E-state index is 0.374. The van der Waals surface area contributed by atoms with Crippen molar-refractivity contribution >= 4 is 18.7 Å². The molecular formula is C13H20BNO4. The van der Waals surface area contributed by atoms with Crippen molar-refractivity contribution < 1.29 is 19.6 Å². The molecule has 0 unspecified atom stereocenters. The molecule has 0 atom stereocenters. The van der Waals surface area contributed by atoms with Crippen molar-refractivity contribution in [2.45, 2.75) is 32.8 Å². The predicted molar refractivity (Wildman–Crippen MR) is 74.2 cm³/mol. The van der Waals surface area contributed by atoms with Crippen LogP contribution in [0.4, 0.5) is 4.79 Å². The number of rotatable bonds is 4. The Labute approximate surface area is 113 Å². The van der Waals surface area contributed by atoms with Crippen molar-refractivity contribution in [2.24, 2.45) is 0 Å². The lowest BCUT2D eigenvalue weighted by molar-refractivity contribution is 0.0528. The van der Waals surface area contributed by atoms with Crippen molar-refractivity contribution in [1.29, 1.82) is 0 Å². The maximum Gasteiger partial charge on any atom is 0.488 e. The minimum atomic E-state index is -1.50. The summed E-state index contributed by atoms with van der Waals surface area (Å²) in [5.74, 6) is 0. The van der Waals surface area contributed by atoms with E-state index in [1.54, 1.807) is 39.0 Å². The van der Waals surface area contributed by atoms with Crippen LogP contribution in [0.5, 0.6) is 0 Å². The number of ether oxygens (including phenoxy) is 1. The number of hydrogen-bond donors (Lipinski definition) is 3. The van der Waals surface area contributed by atoms with Crippen LogP contribution in [-0.4, -0.2) is 35.4 Å². The first-order valence-corrected chi connectivity index (χ1v) is 6.20. The summed E-state index contributed by atoms with van der Waals surface area (Å²) in [6, 6.07) is 6.99. The van der Waals surface area contributed by atoms with Crippen molar-refractivity contribution in [3.63, 3.8) is 0 Å². The second kappa shape index (κ2) is 6.59. The molecular weight excluding hydrogens is 245 g/mol. The molecule has 5 nitrogen and oxygen atoms in total. The zero-order valence-corrected chi connectivity index (χ0v) is 11.5. The normalized spacial score (nSPS) is 11.0. The van der Waals surface area contributed by atoms with E-state index in [0.717, 1.165) is 5.56 Å². The van der Waals surface area contributed by atoms with Gasteiger partial charge in [-0.2, -0.15) is 0 Å². The van der Waals surface area contributed by atoms with Gasteiger partial charge in [0.2, 0.25) is 0 Å². The third-order valence-corrected chi connectivity index (χ3v) is 2.40. The average Bonchev–Trinajstić information content (AvgIpc) is 2.27. The molecule has 1 amide bonds. The largest absolute Gasteiger partial charge is 0.488 e. The third-order valence-electron chi connectivity index (χ3n) is 2.40. The van der Waals surface area contributed by atoms with Gasteiger partial charge in [-0.25, -0.2) is 4.79 Å². The van der Waals surface area contributed by atoms with Gasteiger partial charge in [0.1, 0.15) is 5.60 Å². The van der Waals surface area contributed by atoms with E-state index in [9.17, 15) is 14.8 Å². The molecule has 0 bridgehead atoms. The summed E-state index contributed by atoms with van der Waals surface area (Å²) < 4.78 is 5.10. The number of amides is 1. The van der Waals surface area contributed by atoms with Crippen LogP contribution in [0, 0.1) is 0 Å². The Bertz CT molecular complexity index is 429. The Morgan fingerprint density at radius 2 is 1.95 bits per heavy atom. The first-order valence-electron chi connectivity index (χ1n) is 6.20. The molecule has 0 saturated carbocycles. The Morgan fingerprint density at radius 3 is 2.53 bits per heavy atom. The average molecular weight is 265 g/mol. The second-order valence-corrected chi connectivity index (χ2v) is 5.25. The smallest absolute Gasteiger partial charge is 0.444 e. The van der Waals surface area contributed by atoms with Gasteiger partial charge in [0.25, 0.3) is 0 Å². The van der Waals surface area contributed by atoms with Gasteiger partial charge in [0.15, 0.2) is 0 Å². The zero-order valence-electron chi connectivity index (χ0n) is 11.5. The maximum atomic E-state index is 11.4. The molecule has 1 aromatic rings. The van der Waals surface area contributed by atoms with E-state index >= 15 is 0 Å². The summed E-state index contributed by atoms with van der Waals surface area (Å²) >= 11 is 0. The van der Waals surface area contributed by atoms with Gasteiger partial charge >= 0.3 is 13.2 Å². The van der Waals surface area contributed by atoms with E-state index in [1.807, 2.05) is 6.07 Å². The van der Waals surface area contributed by atoms with E-state index in [1.165, 1.54) is 0 Å². The second-order valence-electron chi connectivity index (χ2n) is 5.25. The fourth-order valence-corrected chi connectivity index (χ4v) is 1.63. The Hall–Kier alpha value is -1.53. The predicted octanol–water partition coefficient (Wildman–Crippen LogP) is 0.434. The van der Waals surface area contributed by atoms with Crippen LogP contribution in [0.15, 0.2) is 24.3 Å². The number of hydrogen-bond acceptors (Lipinski definition) is 4. The van der Waals surface area contributed by atoms with E-state index in [0.29, 0.717) is 18.4 Å². The van der Waals surface area contributed by atoms with Gasteiger partial charge in [0, 0.05) is 6.54 Å². The summed E-state index contributed by atoms with van der Waals surface area (Å²) in [5, 5.41) is 21.0. The SMILES string of the molecule is CC(C)(C)OC(=O)NCCc1ccccc1B(O)O. The topological polar surface area (TPSA) is 78.8 Å². The van der Waals surface area contributed by atoms with E-state index in [4.69, 9.17) is 4.74 Å². The third kappa shape index (κ3) is 5.76. The van der Waals surface area contributed by atoms with Gasteiger partial charge in [-0.15, -0.1) is 0 Å². The highest BCUT2D eigenvalue weighted by Crippen LogP contribution is 2.06. The maximum absolute atomic E-state index is 11.4. The van der Waals surface area contributed by atoms with Gasteiger partial charge in [0.05, 0.1) is 0 Å². The standard InChI is InChI=1S/C13H20BNO4/c1-13(2,3)19-12(16)15-9-8-10-6-4-5-7-11(10)14(17)18/h4-7,17-18H,8-9H2,1-3H3,(H,15,16). The molecule has 3 N–H and O–H groups in total. The summed E-state index contributed by atoms with van der Waals surface area (Å²) in [6.45, 7) is 5.76. The molecule has 0 radical (unpaired) electrons. The lowest BCUT2D eigenvalue weighted by Crippen LogP contribution is -2.36. The van der Waals surface area contributed by atoms with Gasteiger partial charge < -0.3 is 20.1 Å². The number of nitrogens with one attached hydrogen (secondary N) is 1. The molecule has 19 heavy (non-hydrogen) atoms. The molecule has 0 aliphatic rings. The highest BCUT2D eigenvalue weighted by atomic mass is 16.6. The summed E-state index contributed by atoms with van der Waals surface area (Å²) in [7, 11) is -1.50. The van der Waals surface area contributed by atoms with Crippen LogP contribution < -0.4 is 10.8 Å². The quantitative estimate of drug-likeness (QED) is 0.690. The molecule has 104 valence electrons. The first kappa shape index (κ1) is 15.5. The van der Waals surface area contributed by atoms with Crippen LogP contribution in [-0.2, 0) is 11.2 Å². The highest BCUT2D eigenvalue weighted by Gasteiger charge is 2.17. The van der Waals surface area contributed by atoms with Crippen LogP contribution >= 0.6 is 0 Å². The van der Waals surface area contributed by atoms with Crippen molar-refractivity contribution in [3.05, 3.63) is 29.8 Å². The molecule has 0 aliphatic carbocycles. The van der Waals surface area contributed by atoms with E-state index < -0.39 is 18.8 Å². The van der Waals surface area contributed by atoms with Crippen LogP contribution in [0.1, 0.15) is 26.3 Å². The molecule has 6 heteroatoms. The van der Waals surface area contributed by atoms with Crippen LogP contribution in [0.25, 0.3) is 0 Å². The zero-order chi connectivity index (χ0) is 14.5. The van der Waals surface area contributed by atoms with Gasteiger partial charge in [-0.05, 0) is 38.2 Å². The molecule has 0 fully saturated rings. The molecule has 1 rings (SSSR count). The first-order chi connectivity index (χ1) is 8.79. The molecule has 0 saturated heterocycles. The number of carbonyl (C=O) groups excluding carboxylic acids is 1. The Morgan fingerprint density at radius 1 is 1.32 bits per heavy atom. The van der Waals surface area contributed by atoms with Crippen molar-refractivity contribution in [2.75, 3.05) is 6.54 Å². The van der Waals surface area contributed by atoms with Gasteiger partial charge in [-0.3, -0.25) is 0 Å². The molecule has 0 aliphatic heterocycles. The van der Waals surface area contributed by atoms with Gasteiger partial charge in [-0.1, -0.05) is 24.3 Å². The fourth-order valence-electron chi connectivity index (χ4n) is 1.63. The van der Waals surface area contributed by atoms with Crippen molar-refractivity contribution in [3.8, 4) is 0 Å². The van der Waals surface area contributed by atoms with E-state index in [2.05, 4.69) is 5.32 Å². The molecule has 0 aromatic heterocycles. The highest BCUT2D eigenvalue weighted by molar-refractivity contribution is 6.59. The number of carbonyl (C=O) groups is 1. The lowest BCUT2D eigenvalue weighted by Gasteiger charge is -2.19. The minimum Gasteiger partial charge on any atom is -0.444 e. The number of benzene rings is 1. The van der Waals surface area contributed by atoms with Crippen molar-refractivity contribution in [1.82, 2.24) is 5.32 Å². The lowest BCUT2D eigenvalue weighted by atomic mass is 9.76. The Balaban J connectivity index is 2.48. The molecule has 0 heterocycles. The van der Waals surface area contributed by atoms with Crippen LogP contribution in [0.3, 0.4) is 0 Å². The monoisotopic (exact) mass is 265 g/mol. The molecule has 1 aromatic carbocycles. The van der Waals surface area contributed by atoms with E-state index in [-0.39, 0.29) is 0 Å². The summed E-state index contributed by atoms with van der Waals surface area (Å²) in [6.07, 6.45) is 0.0297. The fraction of sp³-hybridized carbons (Fsp3) is 0.462. The van der Waals surface area contributed by atoms with Crippen LogP contribution in [0.2, 0.25) is 0 Å². The molecule has 0 spiro atoms. The Kier molecular flexibility index (Phi) is 5.38.